The average Bonchev–Trinajstić information content (AvgIpc) is 3.34. The van der Waals surface area contributed by atoms with Crippen molar-refractivity contribution >= 4 is 0 Å². The predicted octanol–water partition coefficient (Wildman–Crippen LogP) is 3.99. The summed E-state index contributed by atoms with van der Waals surface area (Å²) in [5.41, 5.74) is 1.82. The molecule has 116 valence electrons. The van der Waals surface area contributed by atoms with Crippen LogP contribution in [0.25, 0.3) is 0 Å². The van der Waals surface area contributed by atoms with Crippen LogP contribution in [0.15, 0.2) is 30.3 Å². The van der Waals surface area contributed by atoms with Crippen molar-refractivity contribution in [3.05, 3.63) is 35.9 Å². The molecule has 0 amide bonds. The van der Waals surface area contributed by atoms with Crippen LogP contribution in [0.5, 0.6) is 0 Å². The molecule has 21 heavy (non-hydrogen) atoms. The minimum atomic E-state index is 0.345. The van der Waals surface area contributed by atoms with Gasteiger partial charge in [-0.15, -0.1) is 0 Å². The molecular weight excluding hydrogens is 256 g/mol. The number of rotatable bonds is 6. The number of hydrogen-bond donors (Lipinski definition) is 1. The molecule has 1 N–H and O–H groups in total. The summed E-state index contributed by atoms with van der Waals surface area (Å²) in [7, 11) is 0. The van der Waals surface area contributed by atoms with Crippen molar-refractivity contribution in [1.82, 2.24) is 10.2 Å². The van der Waals surface area contributed by atoms with Crippen molar-refractivity contribution in [2.45, 2.75) is 57.5 Å². The fraction of sp³-hybridized carbons (Fsp3) is 0.684. The largest absolute Gasteiger partial charge is 0.308 e. The first-order valence-electron chi connectivity index (χ1n) is 8.77. The highest BCUT2D eigenvalue weighted by molar-refractivity contribution is 5.21. The zero-order chi connectivity index (χ0) is 14.7. The number of piperazine rings is 1. The first-order chi connectivity index (χ1) is 10.2. The van der Waals surface area contributed by atoms with Crippen molar-refractivity contribution in [3.8, 4) is 0 Å². The second-order valence-electron chi connectivity index (χ2n) is 7.18. The smallest absolute Gasteiger partial charge is 0.0473 e. The lowest BCUT2D eigenvalue weighted by molar-refractivity contribution is 0.0731. The predicted molar refractivity (Wildman–Crippen MR) is 89.4 cm³/mol. The second-order valence-corrected chi connectivity index (χ2v) is 7.18. The number of nitrogens with zero attached hydrogens (tertiary/aromatic N) is 1. The number of unbranched alkanes of at least 4 members (excludes halogenated alkanes) is 2. The molecule has 1 aromatic rings. The lowest BCUT2D eigenvalue weighted by Crippen LogP contribution is -2.61. The maximum atomic E-state index is 3.88. The molecule has 2 fully saturated rings. The van der Waals surface area contributed by atoms with E-state index in [1.807, 2.05) is 0 Å². The molecule has 2 atom stereocenters. The van der Waals surface area contributed by atoms with E-state index in [2.05, 4.69) is 54.4 Å². The van der Waals surface area contributed by atoms with Crippen LogP contribution in [0.1, 0.15) is 57.6 Å². The van der Waals surface area contributed by atoms with E-state index in [-0.39, 0.29) is 0 Å². The summed E-state index contributed by atoms with van der Waals surface area (Å²) in [5.74, 6) is 0.905. The highest BCUT2D eigenvalue weighted by Crippen LogP contribution is 2.42. The Kier molecular flexibility index (Phi) is 4.66. The summed E-state index contributed by atoms with van der Waals surface area (Å²) in [6.45, 7) is 8.29. The quantitative estimate of drug-likeness (QED) is 0.795. The van der Waals surface area contributed by atoms with E-state index in [1.165, 1.54) is 50.8 Å². The van der Waals surface area contributed by atoms with Gasteiger partial charge in [-0.1, -0.05) is 50.1 Å². The van der Waals surface area contributed by atoms with Crippen molar-refractivity contribution < 1.29 is 0 Å². The molecule has 1 saturated heterocycles. The minimum Gasteiger partial charge on any atom is -0.308 e. The topological polar surface area (TPSA) is 15.3 Å². The lowest BCUT2D eigenvalue weighted by atomic mass is 9.89. The van der Waals surface area contributed by atoms with Crippen LogP contribution in [-0.4, -0.2) is 30.1 Å². The van der Waals surface area contributed by atoms with E-state index in [9.17, 15) is 0 Å². The van der Waals surface area contributed by atoms with Crippen molar-refractivity contribution in [2.75, 3.05) is 19.6 Å². The Labute approximate surface area is 129 Å². The van der Waals surface area contributed by atoms with Crippen molar-refractivity contribution in [1.29, 1.82) is 0 Å². The van der Waals surface area contributed by atoms with Gasteiger partial charge in [0.25, 0.3) is 0 Å². The van der Waals surface area contributed by atoms with E-state index in [1.54, 1.807) is 0 Å². The Morgan fingerprint density at radius 1 is 1.19 bits per heavy atom. The summed E-state index contributed by atoms with van der Waals surface area (Å²) < 4.78 is 0. The van der Waals surface area contributed by atoms with Crippen molar-refractivity contribution in [2.24, 2.45) is 5.92 Å². The standard InChI is InChI=1S/C19H30N2/c1-3-4-8-13-21-15-19(2,17-11-12-17)20-14-18(21)16-9-6-5-7-10-16/h5-7,9-10,17-18,20H,3-4,8,11-15H2,1-2H3. The Hall–Kier alpha value is -0.860. The Morgan fingerprint density at radius 2 is 1.95 bits per heavy atom. The monoisotopic (exact) mass is 286 g/mol. The van der Waals surface area contributed by atoms with Crippen LogP contribution < -0.4 is 5.32 Å². The van der Waals surface area contributed by atoms with Gasteiger partial charge < -0.3 is 5.32 Å². The summed E-state index contributed by atoms with van der Waals surface area (Å²) >= 11 is 0. The fourth-order valence-corrected chi connectivity index (χ4v) is 3.84. The zero-order valence-electron chi connectivity index (χ0n) is 13.6. The molecular formula is C19H30N2. The molecule has 0 bridgehead atoms. The van der Waals surface area contributed by atoms with Crippen LogP contribution in [0, 0.1) is 5.92 Å². The maximum Gasteiger partial charge on any atom is 0.0473 e. The van der Waals surface area contributed by atoms with Gasteiger partial charge in [-0.05, 0) is 44.2 Å². The van der Waals surface area contributed by atoms with Crippen LogP contribution in [0.4, 0.5) is 0 Å². The van der Waals surface area contributed by atoms with E-state index in [4.69, 9.17) is 0 Å². The van der Waals surface area contributed by atoms with Gasteiger partial charge in [-0.3, -0.25) is 4.90 Å². The van der Waals surface area contributed by atoms with Gasteiger partial charge in [0.05, 0.1) is 0 Å². The van der Waals surface area contributed by atoms with Gasteiger partial charge >= 0.3 is 0 Å². The summed E-state index contributed by atoms with van der Waals surface area (Å²) in [6.07, 6.45) is 6.83. The van der Waals surface area contributed by atoms with Crippen LogP contribution >= 0.6 is 0 Å². The summed E-state index contributed by atoms with van der Waals surface area (Å²) in [6, 6.07) is 11.6. The minimum absolute atomic E-state index is 0.345. The maximum absolute atomic E-state index is 3.88. The Balaban J connectivity index is 1.72. The molecule has 1 aliphatic carbocycles. The molecule has 2 unspecified atom stereocenters. The zero-order valence-corrected chi connectivity index (χ0v) is 13.6. The molecule has 1 saturated carbocycles. The van der Waals surface area contributed by atoms with Crippen LogP contribution in [0.3, 0.4) is 0 Å². The molecule has 2 heteroatoms. The molecule has 1 aliphatic heterocycles. The lowest BCUT2D eigenvalue weighted by Gasteiger charge is -2.47. The van der Waals surface area contributed by atoms with Gasteiger partial charge in [-0.2, -0.15) is 0 Å². The van der Waals surface area contributed by atoms with Gasteiger partial charge in [0.15, 0.2) is 0 Å². The molecule has 2 aliphatic rings. The molecule has 3 rings (SSSR count). The van der Waals surface area contributed by atoms with Crippen LogP contribution in [-0.2, 0) is 0 Å². The third-order valence-electron chi connectivity index (χ3n) is 5.38. The van der Waals surface area contributed by atoms with E-state index < -0.39 is 0 Å². The van der Waals surface area contributed by atoms with Gasteiger partial charge in [0, 0.05) is 24.7 Å². The average molecular weight is 286 g/mol. The normalized spacial score (nSPS) is 30.5. The fourth-order valence-electron chi connectivity index (χ4n) is 3.84. The molecule has 1 heterocycles. The van der Waals surface area contributed by atoms with Crippen molar-refractivity contribution in [3.63, 3.8) is 0 Å². The number of benzene rings is 1. The first kappa shape index (κ1) is 15.1. The summed E-state index contributed by atoms with van der Waals surface area (Å²) in [5, 5.41) is 3.88. The third-order valence-corrected chi connectivity index (χ3v) is 5.38. The highest BCUT2D eigenvalue weighted by Gasteiger charge is 2.45. The highest BCUT2D eigenvalue weighted by atomic mass is 15.3. The molecule has 0 radical (unpaired) electrons. The number of nitrogens with one attached hydrogen (secondary N) is 1. The Morgan fingerprint density at radius 3 is 2.62 bits per heavy atom. The van der Waals surface area contributed by atoms with E-state index in [0.29, 0.717) is 11.6 Å². The Bertz CT molecular complexity index is 440. The first-order valence-corrected chi connectivity index (χ1v) is 8.77. The third kappa shape index (κ3) is 3.49. The van der Waals surface area contributed by atoms with E-state index in [0.717, 1.165) is 12.5 Å². The summed E-state index contributed by atoms with van der Waals surface area (Å²) in [4.78, 5) is 2.75. The van der Waals surface area contributed by atoms with Crippen LogP contribution in [0.2, 0.25) is 0 Å². The number of hydrogen-bond acceptors (Lipinski definition) is 2. The van der Waals surface area contributed by atoms with Gasteiger partial charge in [0.1, 0.15) is 0 Å². The molecule has 1 aromatic carbocycles. The molecule has 0 aromatic heterocycles. The van der Waals surface area contributed by atoms with Gasteiger partial charge in [0.2, 0.25) is 0 Å². The second kappa shape index (κ2) is 6.50. The van der Waals surface area contributed by atoms with Gasteiger partial charge in [-0.25, -0.2) is 0 Å². The SMILES string of the molecule is CCCCCN1CC(C)(C2CC2)NCC1c1ccccc1. The van der Waals surface area contributed by atoms with E-state index >= 15 is 0 Å². The molecule has 2 nitrogen and oxygen atoms in total. The molecule has 0 spiro atoms.